The molecule has 0 spiro atoms. The zero-order valence-corrected chi connectivity index (χ0v) is 18.0. The molecule has 158 valence electrons. The summed E-state index contributed by atoms with van der Waals surface area (Å²) in [4.78, 5) is 18.3. The predicted molar refractivity (Wildman–Crippen MR) is 123 cm³/mol. The summed E-state index contributed by atoms with van der Waals surface area (Å²) in [6.45, 7) is 0.891. The molecule has 0 fully saturated rings. The van der Waals surface area contributed by atoms with Crippen LogP contribution in [0.25, 0.3) is 11.0 Å². The number of rotatable bonds is 8. The van der Waals surface area contributed by atoms with Crippen molar-refractivity contribution in [2.45, 2.75) is 12.5 Å². The lowest BCUT2D eigenvalue weighted by Crippen LogP contribution is -2.35. The van der Waals surface area contributed by atoms with Crippen LogP contribution in [-0.4, -0.2) is 35.7 Å². The number of nitrogens with one attached hydrogen (secondary N) is 1. The molecule has 1 atom stereocenters. The van der Waals surface area contributed by atoms with E-state index in [0.717, 1.165) is 28.0 Å². The molecule has 4 aromatic rings. The van der Waals surface area contributed by atoms with Crippen LogP contribution in [0.15, 0.2) is 78.9 Å². The molecule has 3 aromatic carbocycles. The molecule has 0 saturated heterocycles. The van der Waals surface area contributed by atoms with E-state index in [-0.39, 0.29) is 5.91 Å². The molecule has 1 aromatic heterocycles. The minimum Gasteiger partial charge on any atom is -0.383 e. The Kier molecular flexibility index (Phi) is 6.65. The maximum atomic E-state index is 13.4. The van der Waals surface area contributed by atoms with Crippen molar-refractivity contribution in [3.05, 3.63) is 101 Å². The average Bonchev–Trinajstić information content (AvgIpc) is 3.13. The van der Waals surface area contributed by atoms with Crippen LogP contribution >= 0.6 is 11.6 Å². The maximum absolute atomic E-state index is 13.4. The first-order valence-electron chi connectivity index (χ1n) is 10.2. The molecule has 1 unspecified atom stereocenters. The van der Waals surface area contributed by atoms with Crippen molar-refractivity contribution < 1.29 is 9.53 Å². The van der Waals surface area contributed by atoms with Gasteiger partial charge in [-0.25, -0.2) is 4.98 Å². The van der Waals surface area contributed by atoms with Crippen LogP contribution < -0.4 is 5.32 Å². The summed E-state index contributed by atoms with van der Waals surface area (Å²) in [6.07, 6.45) is 0.559. The van der Waals surface area contributed by atoms with E-state index >= 15 is 0 Å². The van der Waals surface area contributed by atoms with Crippen molar-refractivity contribution in [3.63, 3.8) is 0 Å². The van der Waals surface area contributed by atoms with Gasteiger partial charge in [-0.05, 0) is 35.4 Å². The highest BCUT2D eigenvalue weighted by Gasteiger charge is 2.27. The molecule has 5 nitrogen and oxygen atoms in total. The SMILES string of the molecule is COCCNC(=O)C(c1ccccc1)n1c(Cc2cccc(Cl)c2)nc2ccccc21. The summed E-state index contributed by atoms with van der Waals surface area (Å²) in [6, 6.07) is 24.8. The van der Waals surface area contributed by atoms with Crippen LogP contribution in [0.3, 0.4) is 0 Å². The summed E-state index contributed by atoms with van der Waals surface area (Å²) >= 11 is 6.21. The predicted octanol–water partition coefficient (Wildman–Crippen LogP) is 4.63. The van der Waals surface area contributed by atoms with Crippen molar-refractivity contribution in [1.82, 2.24) is 14.9 Å². The lowest BCUT2D eigenvalue weighted by molar-refractivity contribution is -0.123. The fourth-order valence-electron chi connectivity index (χ4n) is 3.76. The van der Waals surface area contributed by atoms with Gasteiger partial charge in [0.1, 0.15) is 11.9 Å². The van der Waals surface area contributed by atoms with Gasteiger partial charge in [-0.1, -0.05) is 66.2 Å². The van der Waals surface area contributed by atoms with E-state index in [1.807, 2.05) is 83.4 Å². The van der Waals surface area contributed by atoms with Crippen molar-refractivity contribution in [1.29, 1.82) is 0 Å². The standard InChI is InChI=1S/C25H24ClN3O2/c1-31-15-14-27-25(30)24(19-9-3-2-4-10-19)29-22-13-6-5-12-21(22)28-23(29)17-18-8-7-11-20(26)16-18/h2-13,16,24H,14-15,17H2,1H3,(H,27,30). The number of hydrogen-bond donors (Lipinski definition) is 1. The smallest absolute Gasteiger partial charge is 0.247 e. The molecule has 0 saturated carbocycles. The van der Waals surface area contributed by atoms with Crippen molar-refractivity contribution in [3.8, 4) is 0 Å². The van der Waals surface area contributed by atoms with Gasteiger partial charge in [-0.2, -0.15) is 0 Å². The Bertz CT molecular complexity index is 1170. The Morgan fingerprint density at radius 2 is 1.84 bits per heavy atom. The molecule has 4 rings (SSSR count). The van der Waals surface area contributed by atoms with Crippen LogP contribution in [0.5, 0.6) is 0 Å². The van der Waals surface area contributed by atoms with Gasteiger partial charge < -0.3 is 14.6 Å². The number of para-hydroxylation sites is 2. The molecule has 6 heteroatoms. The summed E-state index contributed by atoms with van der Waals surface area (Å²) in [5, 5.41) is 3.68. The van der Waals surface area contributed by atoms with Crippen molar-refractivity contribution in [2.75, 3.05) is 20.3 Å². The fourth-order valence-corrected chi connectivity index (χ4v) is 3.98. The number of amides is 1. The van der Waals surface area contributed by atoms with E-state index in [4.69, 9.17) is 21.3 Å². The highest BCUT2D eigenvalue weighted by molar-refractivity contribution is 6.30. The summed E-state index contributed by atoms with van der Waals surface area (Å²) in [7, 11) is 1.62. The number of aromatic nitrogens is 2. The van der Waals surface area contributed by atoms with Gasteiger partial charge in [0.2, 0.25) is 5.91 Å². The van der Waals surface area contributed by atoms with E-state index in [2.05, 4.69) is 5.32 Å². The van der Waals surface area contributed by atoms with E-state index in [1.165, 1.54) is 0 Å². The number of carbonyl (C=O) groups excluding carboxylic acids is 1. The van der Waals surface area contributed by atoms with E-state index in [9.17, 15) is 4.79 Å². The second-order valence-electron chi connectivity index (χ2n) is 7.29. The molecule has 0 aliphatic heterocycles. The minimum atomic E-state index is -0.556. The molecular weight excluding hydrogens is 410 g/mol. The number of benzene rings is 3. The lowest BCUT2D eigenvalue weighted by Gasteiger charge is -2.22. The minimum absolute atomic E-state index is 0.0984. The van der Waals surface area contributed by atoms with Crippen LogP contribution in [0.1, 0.15) is 23.0 Å². The fraction of sp³-hybridized carbons (Fsp3) is 0.200. The summed E-state index contributed by atoms with van der Waals surface area (Å²) < 4.78 is 7.14. The third-order valence-electron chi connectivity index (χ3n) is 5.15. The Morgan fingerprint density at radius 1 is 1.06 bits per heavy atom. The van der Waals surface area contributed by atoms with Crippen LogP contribution in [-0.2, 0) is 16.0 Å². The third kappa shape index (κ3) is 4.79. The van der Waals surface area contributed by atoms with E-state index in [1.54, 1.807) is 7.11 Å². The quantitative estimate of drug-likeness (QED) is 0.412. The van der Waals surface area contributed by atoms with Crippen molar-refractivity contribution >= 4 is 28.5 Å². The number of hydrogen-bond acceptors (Lipinski definition) is 3. The second kappa shape index (κ2) is 9.77. The number of halogens is 1. The van der Waals surface area contributed by atoms with Crippen molar-refractivity contribution in [2.24, 2.45) is 0 Å². The number of nitrogens with zero attached hydrogens (tertiary/aromatic N) is 2. The van der Waals surface area contributed by atoms with Gasteiger partial charge in [0.25, 0.3) is 0 Å². The number of imidazole rings is 1. The number of ether oxygens (including phenoxy) is 1. The Morgan fingerprint density at radius 3 is 2.61 bits per heavy atom. The molecule has 1 heterocycles. The number of methoxy groups -OCH3 is 1. The Balaban J connectivity index is 1.84. The van der Waals surface area contributed by atoms with E-state index in [0.29, 0.717) is 24.6 Å². The molecule has 0 aliphatic rings. The first-order valence-corrected chi connectivity index (χ1v) is 10.6. The molecule has 0 bridgehead atoms. The van der Waals surface area contributed by atoms with Crippen LogP contribution in [0.2, 0.25) is 5.02 Å². The molecule has 31 heavy (non-hydrogen) atoms. The first-order chi connectivity index (χ1) is 15.2. The zero-order valence-electron chi connectivity index (χ0n) is 17.3. The highest BCUT2D eigenvalue weighted by Crippen LogP contribution is 2.28. The topological polar surface area (TPSA) is 56.1 Å². The number of fused-ring (bicyclic) bond motifs is 1. The van der Waals surface area contributed by atoms with Gasteiger partial charge in [-0.3, -0.25) is 4.79 Å². The maximum Gasteiger partial charge on any atom is 0.247 e. The van der Waals surface area contributed by atoms with Gasteiger partial charge in [-0.15, -0.1) is 0 Å². The summed E-state index contributed by atoms with van der Waals surface area (Å²) in [5.74, 6) is 0.706. The molecule has 0 aliphatic carbocycles. The molecule has 1 N–H and O–H groups in total. The van der Waals surface area contributed by atoms with E-state index < -0.39 is 6.04 Å². The lowest BCUT2D eigenvalue weighted by atomic mass is 10.0. The first kappa shape index (κ1) is 21.1. The number of carbonyl (C=O) groups is 1. The monoisotopic (exact) mass is 433 g/mol. The van der Waals surface area contributed by atoms with Gasteiger partial charge in [0.15, 0.2) is 0 Å². The average molecular weight is 434 g/mol. The van der Waals surface area contributed by atoms with Gasteiger partial charge in [0.05, 0.1) is 17.6 Å². The Labute approximate surface area is 186 Å². The summed E-state index contributed by atoms with van der Waals surface area (Å²) in [5.41, 5.74) is 3.70. The Hall–Kier alpha value is -3.15. The molecule has 1 amide bonds. The zero-order chi connectivity index (χ0) is 21.6. The second-order valence-corrected chi connectivity index (χ2v) is 7.73. The van der Waals surface area contributed by atoms with Crippen LogP contribution in [0, 0.1) is 0 Å². The molecule has 0 radical (unpaired) electrons. The van der Waals surface area contributed by atoms with Crippen LogP contribution in [0.4, 0.5) is 0 Å². The largest absolute Gasteiger partial charge is 0.383 e. The highest BCUT2D eigenvalue weighted by atomic mass is 35.5. The normalized spacial score (nSPS) is 12.1. The van der Waals surface area contributed by atoms with Gasteiger partial charge >= 0.3 is 0 Å². The third-order valence-corrected chi connectivity index (χ3v) is 5.38. The van der Waals surface area contributed by atoms with Gasteiger partial charge in [0, 0.05) is 25.1 Å². The molecular formula is C25H24ClN3O2.